The van der Waals surface area contributed by atoms with Gasteiger partial charge in [0.2, 0.25) is 0 Å². The standard InChI is InChI=1S/C14H25NO4/c1-12(14(16)15(2)17-3)8-4-6-10-18-13-9-5-7-11-19-13/h8,13H,4-7,9-11H2,1-3H3/b12-8-. The molecule has 0 bridgehead atoms. The maximum Gasteiger partial charge on any atom is 0.272 e. The van der Waals surface area contributed by atoms with Crippen LogP contribution >= 0.6 is 0 Å². The summed E-state index contributed by atoms with van der Waals surface area (Å²) in [5.74, 6) is -0.112. The Morgan fingerprint density at radius 2 is 2.26 bits per heavy atom. The van der Waals surface area contributed by atoms with Crippen LogP contribution in [0.5, 0.6) is 0 Å². The Bertz CT molecular complexity index is 298. The highest BCUT2D eigenvalue weighted by molar-refractivity contribution is 5.91. The summed E-state index contributed by atoms with van der Waals surface area (Å²) in [4.78, 5) is 16.5. The second kappa shape index (κ2) is 9.07. The number of rotatable bonds is 7. The van der Waals surface area contributed by atoms with E-state index in [1.807, 2.05) is 6.08 Å². The normalized spacial score (nSPS) is 20.4. The molecule has 0 spiro atoms. The van der Waals surface area contributed by atoms with E-state index in [4.69, 9.17) is 14.3 Å². The molecule has 1 aliphatic heterocycles. The molecule has 0 aromatic heterocycles. The first-order valence-corrected chi connectivity index (χ1v) is 6.87. The highest BCUT2D eigenvalue weighted by atomic mass is 16.7. The summed E-state index contributed by atoms with van der Waals surface area (Å²) < 4.78 is 11.1. The van der Waals surface area contributed by atoms with Gasteiger partial charge in [0.1, 0.15) is 0 Å². The lowest BCUT2D eigenvalue weighted by Crippen LogP contribution is -2.26. The van der Waals surface area contributed by atoms with Crippen LogP contribution in [0, 0.1) is 0 Å². The van der Waals surface area contributed by atoms with Crippen molar-refractivity contribution in [2.45, 2.75) is 45.3 Å². The Hall–Kier alpha value is -0.910. The summed E-state index contributed by atoms with van der Waals surface area (Å²) >= 11 is 0. The molecule has 1 fully saturated rings. The number of amides is 1. The third-order valence-corrected chi connectivity index (χ3v) is 3.14. The zero-order valence-electron chi connectivity index (χ0n) is 12.2. The number of unbranched alkanes of at least 4 members (excludes halogenated alkanes) is 1. The van der Waals surface area contributed by atoms with E-state index < -0.39 is 0 Å². The monoisotopic (exact) mass is 271 g/mol. The molecule has 1 amide bonds. The number of hydrogen-bond donors (Lipinski definition) is 0. The van der Waals surface area contributed by atoms with Crippen molar-refractivity contribution in [1.29, 1.82) is 0 Å². The van der Waals surface area contributed by atoms with E-state index in [-0.39, 0.29) is 12.2 Å². The highest BCUT2D eigenvalue weighted by Gasteiger charge is 2.13. The van der Waals surface area contributed by atoms with E-state index in [1.165, 1.54) is 18.6 Å². The second-order valence-corrected chi connectivity index (χ2v) is 4.68. The summed E-state index contributed by atoms with van der Waals surface area (Å²) in [6, 6.07) is 0. The van der Waals surface area contributed by atoms with Crippen LogP contribution in [0.1, 0.15) is 39.0 Å². The van der Waals surface area contributed by atoms with Crippen LogP contribution in [-0.2, 0) is 19.1 Å². The number of ether oxygens (including phenoxy) is 2. The quantitative estimate of drug-likeness (QED) is 0.405. The summed E-state index contributed by atoms with van der Waals surface area (Å²) in [5.41, 5.74) is 0.693. The van der Waals surface area contributed by atoms with E-state index in [0.717, 1.165) is 32.3 Å². The van der Waals surface area contributed by atoms with Crippen LogP contribution in [0.2, 0.25) is 0 Å². The minimum Gasteiger partial charge on any atom is -0.353 e. The first kappa shape index (κ1) is 16.1. The third kappa shape index (κ3) is 6.18. The van der Waals surface area contributed by atoms with Crippen molar-refractivity contribution in [3.63, 3.8) is 0 Å². The lowest BCUT2D eigenvalue weighted by Gasteiger charge is -2.22. The second-order valence-electron chi connectivity index (χ2n) is 4.68. The highest BCUT2D eigenvalue weighted by Crippen LogP contribution is 2.14. The van der Waals surface area contributed by atoms with Gasteiger partial charge in [-0.3, -0.25) is 9.63 Å². The molecule has 5 nitrogen and oxygen atoms in total. The third-order valence-electron chi connectivity index (χ3n) is 3.14. The van der Waals surface area contributed by atoms with Crippen molar-refractivity contribution in [2.75, 3.05) is 27.4 Å². The van der Waals surface area contributed by atoms with E-state index in [1.54, 1.807) is 14.0 Å². The van der Waals surface area contributed by atoms with Gasteiger partial charge in [-0.05, 0) is 39.0 Å². The number of hydroxylamine groups is 2. The number of hydrogen-bond acceptors (Lipinski definition) is 4. The van der Waals surface area contributed by atoms with Crippen molar-refractivity contribution in [2.24, 2.45) is 0 Å². The maximum absolute atomic E-state index is 11.7. The predicted molar refractivity (Wildman–Crippen MR) is 72.3 cm³/mol. The largest absolute Gasteiger partial charge is 0.353 e. The summed E-state index contributed by atoms with van der Waals surface area (Å²) in [6.45, 7) is 3.27. The average molecular weight is 271 g/mol. The van der Waals surface area contributed by atoms with E-state index >= 15 is 0 Å². The van der Waals surface area contributed by atoms with Gasteiger partial charge >= 0.3 is 0 Å². The SMILES string of the molecule is CON(C)C(=O)/C(C)=C\CCCOC1CCCCO1. The van der Waals surface area contributed by atoms with Crippen LogP contribution in [0.15, 0.2) is 11.6 Å². The van der Waals surface area contributed by atoms with Crippen molar-refractivity contribution < 1.29 is 19.1 Å². The van der Waals surface area contributed by atoms with Gasteiger partial charge in [0.15, 0.2) is 6.29 Å². The van der Waals surface area contributed by atoms with Crippen molar-refractivity contribution in [3.05, 3.63) is 11.6 Å². The van der Waals surface area contributed by atoms with Crippen molar-refractivity contribution in [1.82, 2.24) is 5.06 Å². The summed E-state index contributed by atoms with van der Waals surface area (Å²) in [6.07, 6.45) is 6.91. The zero-order valence-corrected chi connectivity index (χ0v) is 12.2. The molecule has 0 aromatic carbocycles. The molecule has 0 N–H and O–H groups in total. The van der Waals surface area contributed by atoms with Gasteiger partial charge in [0.25, 0.3) is 5.91 Å². The molecule has 1 rings (SSSR count). The number of carbonyl (C=O) groups excluding carboxylic acids is 1. The first-order valence-electron chi connectivity index (χ1n) is 6.87. The Morgan fingerprint density at radius 1 is 1.47 bits per heavy atom. The lowest BCUT2D eigenvalue weighted by atomic mass is 10.2. The van der Waals surface area contributed by atoms with Gasteiger partial charge in [0, 0.05) is 19.2 Å². The van der Waals surface area contributed by atoms with Gasteiger partial charge in [-0.15, -0.1) is 0 Å². The molecule has 1 saturated heterocycles. The molecule has 0 saturated carbocycles. The van der Waals surface area contributed by atoms with Crippen LogP contribution in [0.3, 0.4) is 0 Å². The molecule has 1 heterocycles. The number of nitrogens with zero attached hydrogens (tertiary/aromatic N) is 1. The molecule has 1 aliphatic rings. The Balaban J connectivity index is 2.13. The molecule has 5 heteroatoms. The molecule has 110 valence electrons. The van der Waals surface area contributed by atoms with E-state index in [9.17, 15) is 4.79 Å². The minimum absolute atomic E-state index is 0.0277. The van der Waals surface area contributed by atoms with Gasteiger partial charge in [0.05, 0.1) is 13.7 Å². The fourth-order valence-electron chi connectivity index (χ4n) is 1.88. The van der Waals surface area contributed by atoms with Crippen LogP contribution in [-0.4, -0.2) is 44.6 Å². The smallest absolute Gasteiger partial charge is 0.272 e. The fourth-order valence-corrected chi connectivity index (χ4v) is 1.88. The van der Waals surface area contributed by atoms with Crippen molar-refractivity contribution >= 4 is 5.91 Å². The van der Waals surface area contributed by atoms with Crippen LogP contribution < -0.4 is 0 Å². The lowest BCUT2D eigenvalue weighted by molar-refractivity contribution is -0.164. The molecule has 19 heavy (non-hydrogen) atoms. The number of likely N-dealkylation sites (N-methyl/N-ethyl adjacent to an activating group) is 1. The van der Waals surface area contributed by atoms with E-state index in [0.29, 0.717) is 12.2 Å². The molecular weight excluding hydrogens is 246 g/mol. The molecule has 0 radical (unpaired) electrons. The van der Waals surface area contributed by atoms with Crippen LogP contribution in [0.4, 0.5) is 0 Å². The summed E-state index contributed by atoms with van der Waals surface area (Å²) in [7, 11) is 3.08. The van der Waals surface area contributed by atoms with Gasteiger partial charge in [-0.25, -0.2) is 5.06 Å². The number of allylic oxidation sites excluding steroid dienone is 1. The van der Waals surface area contributed by atoms with E-state index in [2.05, 4.69) is 0 Å². The first-order chi connectivity index (χ1) is 9.15. The minimum atomic E-state index is -0.112. The fraction of sp³-hybridized carbons (Fsp3) is 0.786. The maximum atomic E-state index is 11.7. The Labute approximate surface area is 115 Å². The van der Waals surface area contributed by atoms with Gasteiger partial charge in [-0.1, -0.05) is 6.08 Å². The number of carbonyl (C=O) groups is 1. The average Bonchev–Trinajstić information content (AvgIpc) is 2.46. The molecule has 0 aromatic rings. The molecule has 0 aliphatic carbocycles. The predicted octanol–water partition coefficient (Wildman–Crippen LogP) is 2.28. The Morgan fingerprint density at radius 3 is 2.89 bits per heavy atom. The molecule has 1 unspecified atom stereocenters. The van der Waals surface area contributed by atoms with Crippen molar-refractivity contribution in [3.8, 4) is 0 Å². The van der Waals surface area contributed by atoms with Crippen LogP contribution in [0.25, 0.3) is 0 Å². The molecular formula is C14H25NO4. The van der Waals surface area contributed by atoms with Gasteiger partial charge < -0.3 is 9.47 Å². The van der Waals surface area contributed by atoms with Gasteiger partial charge in [-0.2, -0.15) is 0 Å². The topological polar surface area (TPSA) is 48.0 Å². The molecule has 1 atom stereocenters. The zero-order chi connectivity index (χ0) is 14.1. The summed E-state index contributed by atoms with van der Waals surface area (Å²) in [5, 5.41) is 1.22. The Kier molecular flexibility index (Phi) is 7.70.